The quantitative estimate of drug-likeness (QED) is 0.445. The number of nitro groups is 1. The Morgan fingerprint density at radius 2 is 1.94 bits per heavy atom. The second-order valence-electron chi connectivity index (χ2n) is 3.24. The van der Waals surface area contributed by atoms with E-state index in [1.165, 1.54) is 24.3 Å². The lowest BCUT2D eigenvalue weighted by Gasteiger charge is -2.17. The summed E-state index contributed by atoms with van der Waals surface area (Å²) >= 11 is 0. The fraction of sp³-hybridized carbons (Fsp3) is 0.400. The van der Waals surface area contributed by atoms with Crippen molar-refractivity contribution < 1.29 is 19.9 Å². The van der Waals surface area contributed by atoms with Gasteiger partial charge in [-0.3, -0.25) is 10.1 Å². The van der Waals surface area contributed by atoms with Crippen molar-refractivity contribution in [1.29, 1.82) is 0 Å². The van der Waals surface area contributed by atoms with Crippen LogP contribution in [0.3, 0.4) is 0 Å². The van der Waals surface area contributed by atoms with Gasteiger partial charge in [-0.15, -0.1) is 0 Å². The predicted octanol–water partition coefficient (Wildman–Crippen LogP) is 1.06. The van der Waals surface area contributed by atoms with Crippen LogP contribution in [-0.2, 0) is 0 Å². The van der Waals surface area contributed by atoms with Crippen LogP contribution in [0.4, 0.5) is 5.69 Å². The standard InChI is InChI=1S/C10H13NO5/c1-2-9(12)10(13)16-8-5-3-7(4-6-8)11(14)15/h3-6,9-10,12-13H,2H2,1H3. The van der Waals surface area contributed by atoms with Crippen molar-refractivity contribution in [1.82, 2.24) is 0 Å². The largest absolute Gasteiger partial charge is 0.462 e. The van der Waals surface area contributed by atoms with Crippen molar-refractivity contribution in [3.63, 3.8) is 0 Å². The van der Waals surface area contributed by atoms with Crippen LogP contribution in [-0.4, -0.2) is 27.5 Å². The Labute approximate surface area is 92.2 Å². The van der Waals surface area contributed by atoms with Crippen LogP contribution in [0.2, 0.25) is 0 Å². The maximum Gasteiger partial charge on any atom is 0.269 e. The van der Waals surface area contributed by atoms with Crippen molar-refractivity contribution in [3.8, 4) is 5.75 Å². The van der Waals surface area contributed by atoms with Gasteiger partial charge in [0.05, 0.1) is 4.92 Å². The van der Waals surface area contributed by atoms with E-state index in [9.17, 15) is 20.3 Å². The molecule has 2 atom stereocenters. The van der Waals surface area contributed by atoms with Crippen LogP contribution >= 0.6 is 0 Å². The number of aliphatic hydroxyl groups excluding tert-OH is 2. The zero-order valence-electron chi connectivity index (χ0n) is 8.74. The molecule has 2 unspecified atom stereocenters. The van der Waals surface area contributed by atoms with Gasteiger partial charge in [-0.25, -0.2) is 0 Å². The van der Waals surface area contributed by atoms with E-state index >= 15 is 0 Å². The topological polar surface area (TPSA) is 92.8 Å². The number of ether oxygens (including phenoxy) is 1. The second kappa shape index (κ2) is 5.43. The highest BCUT2D eigenvalue weighted by atomic mass is 16.6. The summed E-state index contributed by atoms with van der Waals surface area (Å²) in [6, 6.07) is 5.26. The molecule has 0 fully saturated rings. The maximum atomic E-state index is 10.4. The van der Waals surface area contributed by atoms with Gasteiger partial charge in [0, 0.05) is 12.1 Å². The molecule has 88 valence electrons. The summed E-state index contributed by atoms with van der Waals surface area (Å²) in [5.41, 5.74) is -0.0575. The molecule has 0 radical (unpaired) electrons. The molecule has 2 N–H and O–H groups in total. The Morgan fingerprint density at radius 3 is 2.38 bits per heavy atom. The lowest BCUT2D eigenvalue weighted by Crippen LogP contribution is -2.30. The molecule has 0 aliphatic rings. The van der Waals surface area contributed by atoms with Gasteiger partial charge < -0.3 is 14.9 Å². The van der Waals surface area contributed by atoms with E-state index in [2.05, 4.69) is 0 Å². The average Bonchev–Trinajstić information content (AvgIpc) is 2.28. The normalized spacial score (nSPS) is 14.2. The van der Waals surface area contributed by atoms with Crippen molar-refractivity contribution in [2.75, 3.05) is 0 Å². The third-order valence-electron chi connectivity index (χ3n) is 2.05. The van der Waals surface area contributed by atoms with Crippen molar-refractivity contribution in [2.24, 2.45) is 0 Å². The van der Waals surface area contributed by atoms with Gasteiger partial charge >= 0.3 is 0 Å². The summed E-state index contributed by atoms with van der Waals surface area (Å²) in [7, 11) is 0. The summed E-state index contributed by atoms with van der Waals surface area (Å²) in [6.45, 7) is 1.70. The Morgan fingerprint density at radius 1 is 1.38 bits per heavy atom. The third kappa shape index (κ3) is 3.18. The molecule has 0 aliphatic carbocycles. The number of nitro benzene ring substituents is 1. The minimum Gasteiger partial charge on any atom is -0.462 e. The number of aliphatic hydroxyl groups is 2. The molecule has 1 rings (SSSR count). The molecule has 0 amide bonds. The summed E-state index contributed by atoms with van der Waals surface area (Å²) in [4.78, 5) is 9.84. The van der Waals surface area contributed by atoms with Gasteiger partial charge in [-0.05, 0) is 18.6 Å². The first kappa shape index (κ1) is 12.4. The molecule has 0 saturated heterocycles. The zero-order chi connectivity index (χ0) is 12.1. The highest BCUT2D eigenvalue weighted by molar-refractivity contribution is 5.36. The molecule has 0 heterocycles. The van der Waals surface area contributed by atoms with E-state index in [0.29, 0.717) is 6.42 Å². The number of hydrogen-bond acceptors (Lipinski definition) is 5. The zero-order valence-corrected chi connectivity index (χ0v) is 8.74. The van der Waals surface area contributed by atoms with Gasteiger partial charge in [0.15, 0.2) is 0 Å². The van der Waals surface area contributed by atoms with Gasteiger partial charge in [-0.1, -0.05) is 6.92 Å². The van der Waals surface area contributed by atoms with Crippen molar-refractivity contribution in [2.45, 2.75) is 25.7 Å². The summed E-state index contributed by atoms with van der Waals surface area (Å²) in [5, 5.41) is 29.0. The molecule has 0 bridgehead atoms. The monoisotopic (exact) mass is 227 g/mol. The predicted molar refractivity (Wildman–Crippen MR) is 56.0 cm³/mol. The summed E-state index contributed by atoms with van der Waals surface area (Å²) in [5.74, 6) is 0.269. The van der Waals surface area contributed by atoms with E-state index < -0.39 is 17.3 Å². The highest BCUT2D eigenvalue weighted by Gasteiger charge is 2.16. The molecule has 0 aromatic heterocycles. The van der Waals surface area contributed by atoms with Crippen molar-refractivity contribution in [3.05, 3.63) is 34.4 Å². The lowest BCUT2D eigenvalue weighted by atomic mass is 10.2. The molecular formula is C10H13NO5. The SMILES string of the molecule is CCC(O)C(O)Oc1ccc([N+](=O)[O-])cc1. The minimum atomic E-state index is -1.33. The van der Waals surface area contributed by atoms with Crippen LogP contribution < -0.4 is 4.74 Å². The Balaban J connectivity index is 2.65. The smallest absolute Gasteiger partial charge is 0.269 e. The number of rotatable bonds is 5. The van der Waals surface area contributed by atoms with Crippen LogP contribution in [0.25, 0.3) is 0 Å². The minimum absolute atomic E-state index is 0.0575. The van der Waals surface area contributed by atoms with Gasteiger partial charge in [0.25, 0.3) is 5.69 Å². The average molecular weight is 227 g/mol. The molecule has 0 saturated carbocycles. The Hall–Kier alpha value is -1.66. The van der Waals surface area contributed by atoms with Gasteiger partial charge in [-0.2, -0.15) is 0 Å². The van der Waals surface area contributed by atoms with Crippen LogP contribution in [0.5, 0.6) is 5.75 Å². The Kier molecular flexibility index (Phi) is 4.21. The van der Waals surface area contributed by atoms with Crippen LogP contribution in [0.1, 0.15) is 13.3 Å². The molecule has 1 aromatic carbocycles. The van der Waals surface area contributed by atoms with E-state index in [4.69, 9.17) is 4.74 Å². The van der Waals surface area contributed by atoms with Gasteiger partial charge in [0.1, 0.15) is 11.9 Å². The van der Waals surface area contributed by atoms with Gasteiger partial charge in [0.2, 0.25) is 6.29 Å². The molecule has 16 heavy (non-hydrogen) atoms. The molecule has 0 aliphatic heterocycles. The molecular weight excluding hydrogens is 214 g/mol. The number of hydrogen-bond donors (Lipinski definition) is 2. The fourth-order valence-corrected chi connectivity index (χ4v) is 1.07. The summed E-state index contributed by atoms with van der Waals surface area (Å²) < 4.78 is 4.98. The number of non-ortho nitro benzene ring substituents is 1. The molecule has 6 heteroatoms. The van der Waals surface area contributed by atoms with E-state index in [-0.39, 0.29) is 11.4 Å². The maximum absolute atomic E-state index is 10.4. The summed E-state index contributed by atoms with van der Waals surface area (Å²) in [6.07, 6.45) is -1.95. The number of nitrogens with zero attached hydrogens (tertiary/aromatic N) is 1. The second-order valence-corrected chi connectivity index (χ2v) is 3.24. The van der Waals surface area contributed by atoms with Crippen molar-refractivity contribution >= 4 is 5.69 Å². The fourth-order valence-electron chi connectivity index (χ4n) is 1.07. The van der Waals surface area contributed by atoms with E-state index in [1.807, 2.05) is 0 Å². The third-order valence-corrected chi connectivity index (χ3v) is 2.05. The first-order chi connectivity index (χ1) is 7.54. The first-order valence-electron chi connectivity index (χ1n) is 4.82. The highest BCUT2D eigenvalue weighted by Crippen LogP contribution is 2.18. The number of benzene rings is 1. The first-order valence-corrected chi connectivity index (χ1v) is 4.82. The van der Waals surface area contributed by atoms with E-state index in [0.717, 1.165) is 0 Å². The van der Waals surface area contributed by atoms with Crippen LogP contribution in [0, 0.1) is 10.1 Å². The molecule has 0 spiro atoms. The van der Waals surface area contributed by atoms with E-state index in [1.54, 1.807) is 6.92 Å². The Bertz CT molecular complexity index is 351. The van der Waals surface area contributed by atoms with Crippen LogP contribution in [0.15, 0.2) is 24.3 Å². The lowest BCUT2D eigenvalue weighted by molar-refractivity contribution is -0.384. The molecule has 6 nitrogen and oxygen atoms in total. The molecule has 1 aromatic rings.